The highest BCUT2D eigenvalue weighted by Gasteiger charge is 2.29. The third-order valence-corrected chi connectivity index (χ3v) is 3.30. The number of hydrogen-bond acceptors (Lipinski definition) is 6. The van der Waals surface area contributed by atoms with Crippen molar-refractivity contribution in [1.29, 1.82) is 0 Å². The quantitative estimate of drug-likeness (QED) is 0.497. The Labute approximate surface area is 121 Å². The molecule has 0 heterocycles. The molecule has 0 aliphatic heterocycles. The second-order valence-electron chi connectivity index (χ2n) is 4.55. The minimum atomic E-state index is -1.16. The van der Waals surface area contributed by atoms with E-state index < -0.39 is 29.6 Å². The summed E-state index contributed by atoms with van der Waals surface area (Å²) >= 11 is 0. The summed E-state index contributed by atoms with van der Waals surface area (Å²) in [7, 11) is 1.29. The molecule has 1 aromatic rings. The highest BCUT2D eigenvalue weighted by molar-refractivity contribution is 5.95. The Kier molecular flexibility index (Phi) is 5.62. The van der Waals surface area contributed by atoms with Gasteiger partial charge in [0.1, 0.15) is 0 Å². The molecule has 3 N–H and O–H groups in total. The van der Waals surface area contributed by atoms with Gasteiger partial charge in [0.2, 0.25) is 0 Å². The summed E-state index contributed by atoms with van der Waals surface area (Å²) < 4.78 is 4.85. The number of rotatable bonds is 7. The van der Waals surface area contributed by atoms with Crippen LogP contribution in [-0.4, -0.2) is 46.9 Å². The van der Waals surface area contributed by atoms with Gasteiger partial charge in [-0.2, -0.15) is 0 Å². The number of methoxy groups -OCH3 is 1. The van der Waals surface area contributed by atoms with Crippen LogP contribution in [-0.2, 0) is 0 Å². The van der Waals surface area contributed by atoms with Gasteiger partial charge in [-0.1, -0.05) is 6.92 Å². The summed E-state index contributed by atoms with van der Waals surface area (Å²) in [6, 6.07) is 3.78. The fourth-order valence-corrected chi connectivity index (χ4v) is 1.73. The van der Waals surface area contributed by atoms with Crippen molar-refractivity contribution in [3.63, 3.8) is 0 Å². The van der Waals surface area contributed by atoms with E-state index in [9.17, 15) is 25.1 Å². The lowest BCUT2D eigenvalue weighted by Gasteiger charge is -2.29. The molecule has 0 saturated carbocycles. The Balaban J connectivity index is 3.08. The third kappa shape index (κ3) is 3.67. The van der Waals surface area contributed by atoms with Crippen molar-refractivity contribution in [2.24, 2.45) is 0 Å². The highest BCUT2D eigenvalue weighted by Crippen LogP contribution is 2.27. The molecule has 1 rings (SSSR count). The first kappa shape index (κ1) is 16.9. The molecule has 0 unspecified atom stereocenters. The summed E-state index contributed by atoms with van der Waals surface area (Å²) in [5, 5.41) is 32.0. The van der Waals surface area contributed by atoms with Crippen LogP contribution in [0.2, 0.25) is 0 Å². The number of carbonyl (C=O) groups is 1. The number of nitro benzene ring substituents is 1. The number of hydrogen-bond donors (Lipinski definition) is 3. The fourth-order valence-electron chi connectivity index (χ4n) is 1.73. The molecule has 116 valence electrons. The number of amides is 1. The molecule has 1 aromatic carbocycles. The molecule has 0 spiro atoms. The van der Waals surface area contributed by atoms with Crippen LogP contribution in [0.25, 0.3) is 0 Å². The van der Waals surface area contributed by atoms with E-state index in [-0.39, 0.29) is 17.0 Å². The first-order chi connectivity index (χ1) is 9.92. The summed E-state index contributed by atoms with van der Waals surface area (Å²) in [6.45, 7) is 0.817. The number of carbonyl (C=O) groups excluding carboxylic acids is 1. The van der Waals surface area contributed by atoms with Crippen LogP contribution in [0.3, 0.4) is 0 Å². The molecule has 0 bridgehead atoms. The Hall–Kier alpha value is -2.19. The number of ether oxygens (including phenoxy) is 1. The monoisotopic (exact) mass is 298 g/mol. The van der Waals surface area contributed by atoms with Crippen LogP contribution in [0, 0.1) is 10.1 Å². The Morgan fingerprint density at radius 1 is 1.43 bits per heavy atom. The lowest BCUT2D eigenvalue weighted by atomic mass is 9.97. The fraction of sp³-hybridized carbons (Fsp3) is 0.462. The summed E-state index contributed by atoms with van der Waals surface area (Å²) in [4.78, 5) is 22.4. The lowest BCUT2D eigenvalue weighted by molar-refractivity contribution is -0.385. The number of aliphatic hydroxyl groups excluding tert-OH is 2. The standard InChI is InChI=1S/C13H18N2O6/c1-3-13(7-16,8-17)14-12(18)9-4-5-11(21-2)10(6-9)15(19)20/h4-6,16-17H,3,7-8H2,1-2H3,(H,14,18). The van der Waals surface area contributed by atoms with E-state index in [1.54, 1.807) is 6.92 Å². The van der Waals surface area contributed by atoms with Gasteiger partial charge in [-0.05, 0) is 18.6 Å². The van der Waals surface area contributed by atoms with Gasteiger partial charge in [0.05, 0.1) is 30.8 Å². The van der Waals surface area contributed by atoms with E-state index in [0.29, 0.717) is 6.42 Å². The van der Waals surface area contributed by atoms with E-state index >= 15 is 0 Å². The van der Waals surface area contributed by atoms with Crippen LogP contribution in [0.5, 0.6) is 5.75 Å². The van der Waals surface area contributed by atoms with Gasteiger partial charge in [-0.25, -0.2) is 0 Å². The molecule has 21 heavy (non-hydrogen) atoms. The molecular formula is C13H18N2O6. The van der Waals surface area contributed by atoms with Gasteiger partial charge >= 0.3 is 5.69 Å². The average Bonchev–Trinajstić information content (AvgIpc) is 2.51. The van der Waals surface area contributed by atoms with Crippen molar-refractivity contribution in [2.75, 3.05) is 20.3 Å². The van der Waals surface area contributed by atoms with Gasteiger partial charge in [-0.15, -0.1) is 0 Å². The summed E-state index contributed by atoms with van der Waals surface area (Å²) in [5.41, 5.74) is -1.45. The van der Waals surface area contributed by atoms with E-state index in [2.05, 4.69) is 5.32 Å². The van der Waals surface area contributed by atoms with Crippen LogP contribution in [0.1, 0.15) is 23.7 Å². The minimum Gasteiger partial charge on any atom is -0.490 e. The number of nitro groups is 1. The molecule has 0 atom stereocenters. The van der Waals surface area contributed by atoms with Gasteiger partial charge in [-0.3, -0.25) is 14.9 Å². The van der Waals surface area contributed by atoms with E-state index in [4.69, 9.17) is 4.74 Å². The van der Waals surface area contributed by atoms with Crippen LogP contribution >= 0.6 is 0 Å². The molecule has 0 aliphatic rings. The Morgan fingerprint density at radius 2 is 2.05 bits per heavy atom. The predicted molar refractivity (Wildman–Crippen MR) is 74.3 cm³/mol. The molecule has 0 aromatic heterocycles. The highest BCUT2D eigenvalue weighted by atomic mass is 16.6. The molecule has 0 aliphatic carbocycles. The van der Waals surface area contributed by atoms with Crippen molar-refractivity contribution < 1.29 is 24.7 Å². The zero-order valence-electron chi connectivity index (χ0n) is 11.8. The van der Waals surface area contributed by atoms with Crippen LogP contribution in [0.15, 0.2) is 18.2 Å². The number of nitrogens with one attached hydrogen (secondary N) is 1. The van der Waals surface area contributed by atoms with E-state index in [0.717, 1.165) is 6.07 Å². The maximum Gasteiger partial charge on any atom is 0.311 e. The number of nitrogens with zero attached hydrogens (tertiary/aromatic N) is 1. The largest absolute Gasteiger partial charge is 0.490 e. The van der Waals surface area contributed by atoms with Gasteiger partial charge < -0.3 is 20.3 Å². The van der Waals surface area contributed by atoms with Gasteiger partial charge in [0.25, 0.3) is 5.91 Å². The topological polar surface area (TPSA) is 122 Å². The molecule has 8 heteroatoms. The molecular weight excluding hydrogens is 280 g/mol. The Bertz CT molecular complexity index is 519. The zero-order valence-corrected chi connectivity index (χ0v) is 11.8. The Morgan fingerprint density at radius 3 is 2.48 bits per heavy atom. The molecule has 1 amide bonds. The van der Waals surface area contributed by atoms with Crippen molar-refractivity contribution in [3.05, 3.63) is 33.9 Å². The first-order valence-electron chi connectivity index (χ1n) is 6.29. The van der Waals surface area contributed by atoms with Crippen LogP contribution in [0.4, 0.5) is 5.69 Å². The maximum absolute atomic E-state index is 12.1. The molecule has 8 nitrogen and oxygen atoms in total. The smallest absolute Gasteiger partial charge is 0.311 e. The molecule has 0 saturated heterocycles. The van der Waals surface area contributed by atoms with Crippen LogP contribution < -0.4 is 10.1 Å². The maximum atomic E-state index is 12.1. The van der Waals surface area contributed by atoms with Crippen molar-refractivity contribution >= 4 is 11.6 Å². The number of aliphatic hydroxyl groups is 2. The first-order valence-corrected chi connectivity index (χ1v) is 6.29. The predicted octanol–water partition coefficient (Wildman–Crippen LogP) is 0.467. The van der Waals surface area contributed by atoms with Crippen molar-refractivity contribution in [3.8, 4) is 5.75 Å². The average molecular weight is 298 g/mol. The van der Waals surface area contributed by atoms with Gasteiger partial charge in [0.15, 0.2) is 5.75 Å². The molecule has 0 radical (unpaired) electrons. The third-order valence-electron chi connectivity index (χ3n) is 3.30. The van der Waals surface area contributed by atoms with E-state index in [1.165, 1.54) is 19.2 Å². The minimum absolute atomic E-state index is 0.0437. The molecule has 0 fully saturated rings. The van der Waals surface area contributed by atoms with Crippen molar-refractivity contribution in [1.82, 2.24) is 5.32 Å². The van der Waals surface area contributed by atoms with Gasteiger partial charge in [0, 0.05) is 11.6 Å². The second kappa shape index (κ2) is 7.00. The number of benzene rings is 1. The summed E-state index contributed by atoms with van der Waals surface area (Å²) in [5.74, 6) is -0.576. The zero-order chi connectivity index (χ0) is 16.0. The lowest BCUT2D eigenvalue weighted by Crippen LogP contribution is -2.53. The second-order valence-corrected chi connectivity index (χ2v) is 4.55. The summed E-state index contributed by atoms with van der Waals surface area (Å²) in [6.07, 6.45) is 0.310. The SMILES string of the molecule is CCC(CO)(CO)NC(=O)c1ccc(OC)c([N+](=O)[O-])c1. The van der Waals surface area contributed by atoms with Crippen molar-refractivity contribution in [2.45, 2.75) is 18.9 Å². The normalized spacial score (nSPS) is 11.0. The van der Waals surface area contributed by atoms with E-state index in [1.807, 2.05) is 0 Å².